The van der Waals surface area contributed by atoms with Crippen LogP contribution in [0.15, 0.2) is 31.9 Å². The fourth-order valence-corrected chi connectivity index (χ4v) is 2.63. The van der Waals surface area contributed by atoms with E-state index in [1.165, 1.54) is 6.07 Å². The van der Waals surface area contributed by atoms with E-state index in [4.69, 9.17) is 0 Å². The van der Waals surface area contributed by atoms with Crippen LogP contribution in [-0.4, -0.2) is 22.5 Å². The number of amides is 1. The third-order valence-corrected chi connectivity index (χ3v) is 3.96. The molecule has 0 bridgehead atoms. The highest BCUT2D eigenvalue weighted by Crippen LogP contribution is 2.23. The lowest BCUT2D eigenvalue weighted by Gasteiger charge is -2.07. The van der Waals surface area contributed by atoms with Crippen molar-refractivity contribution in [2.75, 3.05) is 6.26 Å². The number of nitrogens with zero attached hydrogens (tertiary/aromatic N) is 1. The third-order valence-electron chi connectivity index (χ3n) is 1.80. The van der Waals surface area contributed by atoms with Crippen molar-refractivity contribution >= 4 is 31.6 Å². The van der Waals surface area contributed by atoms with Crippen LogP contribution in [-0.2, 0) is 14.5 Å². The number of rotatable bonds is 1. The van der Waals surface area contributed by atoms with Crippen molar-refractivity contribution in [3.63, 3.8) is 0 Å². The van der Waals surface area contributed by atoms with Gasteiger partial charge >= 0.3 is 12.1 Å². The first-order valence-corrected chi connectivity index (χ1v) is 7.04. The van der Waals surface area contributed by atoms with Gasteiger partial charge in [-0.15, -0.1) is 4.36 Å². The van der Waals surface area contributed by atoms with Gasteiger partial charge in [0.25, 0.3) is 0 Å². The molecule has 0 aliphatic carbocycles. The second-order valence-electron chi connectivity index (χ2n) is 3.27. The first kappa shape index (κ1) is 15.1. The maximum Gasteiger partial charge on any atom is 0.474 e. The molecule has 1 aromatic rings. The molecule has 1 aromatic carbocycles. The van der Waals surface area contributed by atoms with E-state index < -0.39 is 32.5 Å². The number of benzene rings is 1. The van der Waals surface area contributed by atoms with Crippen LogP contribution in [0.1, 0.15) is 0 Å². The van der Waals surface area contributed by atoms with Gasteiger partial charge in [0, 0.05) is 10.7 Å². The maximum atomic E-state index is 13.4. The van der Waals surface area contributed by atoms with E-state index in [0.717, 1.165) is 18.4 Å². The highest BCUT2D eigenvalue weighted by molar-refractivity contribution is 9.10. The zero-order chi connectivity index (χ0) is 14.1. The van der Waals surface area contributed by atoms with Gasteiger partial charge in [-0.2, -0.15) is 13.2 Å². The Morgan fingerprint density at radius 3 is 2.39 bits per heavy atom. The summed E-state index contributed by atoms with van der Waals surface area (Å²) >= 11 is 2.94. The number of hydrogen-bond acceptors (Lipinski definition) is 2. The largest absolute Gasteiger partial charge is 0.474 e. The molecule has 0 heterocycles. The molecule has 0 radical (unpaired) electrons. The molecule has 0 saturated heterocycles. The molecule has 100 valence electrons. The van der Waals surface area contributed by atoms with Crippen molar-refractivity contribution in [1.29, 1.82) is 0 Å². The van der Waals surface area contributed by atoms with E-state index in [1.807, 2.05) is 0 Å². The Kier molecular flexibility index (Phi) is 4.16. The fraction of sp³-hybridized carbons (Fsp3) is 0.222. The van der Waals surface area contributed by atoms with Crippen LogP contribution in [0, 0.1) is 5.82 Å². The zero-order valence-corrected chi connectivity index (χ0v) is 11.2. The minimum Gasteiger partial charge on any atom is -0.261 e. The molecule has 0 spiro atoms. The van der Waals surface area contributed by atoms with Gasteiger partial charge < -0.3 is 0 Å². The highest BCUT2D eigenvalue weighted by Gasteiger charge is 2.39. The summed E-state index contributed by atoms with van der Waals surface area (Å²) in [6.07, 6.45) is -4.46. The van der Waals surface area contributed by atoms with Gasteiger partial charge in [-0.25, -0.2) is 8.60 Å². The van der Waals surface area contributed by atoms with Crippen LogP contribution in [0.25, 0.3) is 0 Å². The quantitative estimate of drug-likeness (QED) is 0.732. The Hall–Kier alpha value is -0.960. The van der Waals surface area contributed by atoms with Crippen LogP contribution in [0.5, 0.6) is 0 Å². The van der Waals surface area contributed by atoms with Crippen molar-refractivity contribution in [3.8, 4) is 0 Å². The number of alkyl halides is 3. The number of carbonyl (C=O) groups excluding carboxylic acids is 1. The summed E-state index contributed by atoms with van der Waals surface area (Å²) < 4.78 is 64.1. The molecule has 0 N–H and O–H groups in total. The first-order valence-electron chi connectivity index (χ1n) is 4.32. The Morgan fingerprint density at radius 1 is 1.39 bits per heavy atom. The van der Waals surface area contributed by atoms with E-state index in [-0.39, 0.29) is 0 Å². The smallest absolute Gasteiger partial charge is 0.261 e. The number of halogens is 5. The summed E-state index contributed by atoms with van der Waals surface area (Å²) in [6, 6.07) is 3.22. The average molecular weight is 348 g/mol. The summed E-state index contributed by atoms with van der Waals surface area (Å²) in [7, 11) is -3.78. The van der Waals surface area contributed by atoms with Gasteiger partial charge in [0.2, 0.25) is 0 Å². The van der Waals surface area contributed by atoms with Crippen LogP contribution in [0.3, 0.4) is 0 Å². The molecule has 1 unspecified atom stereocenters. The highest BCUT2D eigenvalue weighted by atomic mass is 79.9. The molecule has 0 saturated carbocycles. The normalized spacial score (nSPS) is 15.0. The van der Waals surface area contributed by atoms with Crippen molar-refractivity contribution in [3.05, 3.63) is 28.5 Å². The lowest BCUT2D eigenvalue weighted by atomic mass is 10.3. The zero-order valence-electron chi connectivity index (χ0n) is 8.79. The predicted molar refractivity (Wildman–Crippen MR) is 59.9 cm³/mol. The number of carbonyl (C=O) groups is 1. The summed E-state index contributed by atoms with van der Waals surface area (Å²) in [5.74, 6) is -3.51. The Balaban J connectivity index is 3.34. The first-order chi connectivity index (χ1) is 8.04. The van der Waals surface area contributed by atoms with E-state index in [0.29, 0.717) is 4.47 Å². The molecule has 1 amide bonds. The van der Waals surface area contributed by atoms with Crippen molar-refractivity contribution < 1.29 is 26.6 Å². The molecule has 0 aromatic heterocycles. The van der Waals surface area contributed by atoms with E-state index in [9.17, 15) is 26.6 Å². The molecule has 0 fully saturated rings. The molecule has 9 heteroatoms. The van der Waals surface area contributed by atoms with Crippen LogP contribution >= 0.6 is 15.9 Å². The second-order valence-corrected chi connectivity index (χ2v) is 6.41. The Morgan fingerprint density at radius 2 is 1.94 bits per heavy atom. The maximum absolute atomic E-state index is 13.4. The second kappa shape index (κ2) is 4.96. The molecule has 1 atom stereocenters. The Bertz CT molecular complexity index is 605. The van der Waals surface area contributed by atoms with Crippen LogP contribution < -0.4 is 0 Å². The van der Waals surface area contributed by atoms with Gasteiger partial charge in [0.1, 0.15) is 5.82 Å². The van der Waals surface area contributed by atoms with Gasteiger partial charge in [-0.1, -0.05) is 15.9 Å². The molecular formula is C9H6BrF4NO2S. The molecule has 1 rings (SSSR count). The lowest BCUT2D eigenvalue weighted by molar-refractivity contribution is -0.169. The van der Waals surface area contributed by atoms with E-state index in [1.54, 1.807) is 0 Å². The van der Waals surface area contributed by atoms with Gasteiger partial charge in [0.05, 0.1) is 14.6 Å². The lowest BCUT2D eigenvalue weighted by Crippen LogP contribution is -2.22. The van der Waals surface area contributed by atoms with Crippen molar-refractivity contribution in [2.24, 2.45) is 4.36 Å². The predicted octanol–water partition coefficient (Wildman–Crippen LogP) is 3.13. The molecule has 0 aliphatic heterocycles. The SMILES string of the molecule is CS(=O)(=NC(=O)C(F)(F)F)c1ccc(Br)cc1F. The monoisotopic (exact) mass is 347 g/mol. The topological polar surface area (TPSA) is 46.5 Å². The summed E-state index contributed by atoms with van der Waals surface area (Å²) in [6.45, 7) is 0. The fourth-order valence-electron chi connectivity index (χ4n) is 1.04. The molecular weight excluding hydrogens is 342 g/mol. The third kappa shape index (κ3) is 3.52. The molecule has 0 aliphatic rings. The molecule has 3 nitrogen and oxygen atoms in total. The van der Waals surface area contributed by atoms with E-state index >= 15 is 0 Å². The number of hydrogen-bond donors (Lipinski definition) is 0. The molecule has 18 heavy (non-hydrogen) atoms. The standard InChI is InChI=1S/C9H6BrF4NO2S/c1-18(17,15-8(16)9(12,13)14)7-3-2-5(10)4-6(7)11/h2-4H,1H3. The van der Waals surface area contributed by atoms with Crippen LogP contribution in [0.4, 0.5) is 17.6 Å². The Labute approximate surface area is 108 Å². The minimum atomic E-state index is -5.23. The summed E-state index contributed by atoms with van der Waals surface area (Å²) in [4.78, 5) is 10.1. The minimum absolute atomic E-state index is 0.320. The van der Waals surface area contributed by atoms with E-state index in [2.05, 4.69) is 20.3 Å². The summed E-state index contributed by atoms with van der Waals surface area (Å²) in [5.41, 5.74) is 0. The summed E-state index contributed by atoms with van der Waals surface area (Å²) in [5, 5.41) is 0. The van der Waals surface area contributed by atoms with Gasteiger partial charge in [0.15, 0.2) is 0 Å². The average Bonchev–Trinajstić information content (AvgIpc) is 2.14. The van der Waals surface area contributed by atoms with Crippen LogP contribution in [0.2, 0.25) is 0 Å². The van der Waals surface area contributed by atoms with Crippen molar-refractivity contribution in [1.82, 2.24) is 0 Å². The van der Waals surface area contributed by atoms with Gasteiger partial charge in [-0.3, -0.25) is 4.79 Å². The van der Waals surface area contributed by atoms with Gasteiger partial charge in [-0.05, 0) is 18.2 Å². The van der Waals surface area contributed by atoms with Crippen molar-refractivity contribution in [2.45, 2.75) is 11.1 Å².